The molecule has 0 atom stereocenters. The number of aromatic nitrogens is 2. The fourth-order valence-corrected chi connectivity index (χ4v) is 2.84. The monoisotopic (exact) mass is 291 g/mol. The summed E-state index contributed by atoms with van der Waals surface area (Å²) < 4.78 is 5.72. The number of nitrogens with zero attached hydrogens (tertiary/aromatic N) is 2. The van der Waals surface area contributed by atoms with Crippen molar-refractivity contribution >= 4 is 11.3 Å². The van der Waals surface area contributed by atoms with Crippen LogP contribution in [-0.2, 0) is 13.1 Å². The molecular weight excluding hydrogens is 270 g/mol. The third kappa shape index (κ3) is 4.02. The predicted octanol–water partition coefficient (Wildman–Crippen LogP) is 3.23. The zero-order valence-electron chi connectivity index (χ0n) is 12.4. The molecule has 20 heavy (non-hydrogen) atoms. The van der Waals surface area contributed by atoms with E-state index in [0.717, 1.165) is 29.4 Å². The molecule has 0 fully saturated rings. The van der Waals surface area contributed by atoms with E-state index in [1.54, 1.807) is 17.5 Å². The quantitative estimate of drug-likeness (QED) is 0.887. The molecule has 108 valence electrons. The first-order valence-electron chi connectivity index (χ1n) is 6.80. The van der Waals surface area contributed by atoms with Crippen molar-refractivity contribution in [3.8, 4) is 5.88 Å². The van der Waals surface area contributed by atoms with Crippen molar-refractivity contribution in [3.63, 3.8) is 0 Å². The summed E-state index contributed by atoms with van der Waals surface area (Å²) in [6.45, 7) is 9.68. The van der Waals surface area contributed by atoms with E-state index in [1.807, 2.05) is 32.9 Å². The summed E-state index contributed by atoms with van der Waals surface area (Å²) in [6.07, 6.45) is 1.90. The van der Waals surface area contributed by atoms with E-state index in [1.165, 1.54) is 4.88 Å². The molecule has 2 heterocycles. The van der Waals surface area contributed by atoms with Gasteiger partial charge in [-0.25, -0.2) is 9.97 Å². The van der Waals surface area contributed by atoms with Crippen LogP contribution in [0.4, 0.5) is 0 Å². The van der Waals surface area contributed by atoms with Gasteiger partial charge in [-0.15, -0.1) is 11.3 Å². The van der Waals surface area contributed by atoms with Crippen LogP contribution in [0.2, 0.25) is 0 Å². The molecule has 4 nitrogen and oxygen atoms in total. The van der Waals surface area contributed by atoms with Gasteiger partial charge in [0.05, 0.1) is 16.8 Å². The average molecular weight is 291 g/mol. The minimum Gasteiger partial charge on any atom is -0.475 e. The second-order valence-electron chi connectivity index (χ2n) is 4.98. The number of thiazole rings is 1. The second kappa shape index (κ2) is 6.81. The smallest absolute Gasteiger partial charge is 0.218 e. The van der Waals surface area contributed by atoms with Crippen molar-refractivity contribution in [1.29, 1.82) is 0 Å². The van der Waals surface area contributed by atoms with Gasteiger partial charge in [-0.2, -0.15) is 0 Å². The van der Waals surface area contributed by atoms with Crippen molar-refractivity contribution in [2.45, 2.75) is 46.9 Å². The first-order valence-corrected chi connectivity index (χ1v) is 7.62. The molecule has 0 radical (unpaired) electrons. The summed E-state index contributed by atoms with van der Waals surface area (Å²) in [5.41, 5.74) is 2.20. The third-order valence-corrected chi connectivity index (χ3v) is 3.87. The summed E-state index contributed by atoms with van der Waals surface area (Å²) in [7, 11) is 0. The molecule has 0 bridgehead atoms. The normalized spacial score (nSPS) is 11.1. The highest BCUT2D eigenvalue weighted by Crippen LogP contribution is 2.18. The van der Waals surface area contributed by atoms with E-state index in [9.17, 15) is 0 Å². The van der Waals surface area contributed by atoms with Crippen molar-refractivity contribution in [1.82, 2.24) is 15.3 Å². The van der Waals surface area contributed by atoms with Gasteiger partial charge in [-0.05, 0) is 33.8 Å². The number of hydrogen-bond donors (Lipinski definition) is 1. The molecule has 2 aromatic heterocycles. The average Bonchev–Trinajstić information content (AvgIpc) is 2.69. The van der Waals surface area contributed by atoms with Gasteiger partial charge >= 0.3 is 0 Å². The van der Waals surface area contributed by atoms with Gasteiger partial charge < -0.3 is 10.1 Å². The maximum atomic E-state index is 5.72. The molecule has 0 aliphatic rings. The fraction of sp³-hybridized carbons (Fsp3) is 0.467. The summed E-state index contributed by atoms with van der Waals surface area (Å²) in [5, 5.41) is 4.55. The van der Waals surface area contributed by atoms with Gasteiger partial charge in [0, 0.05) is 29.7 Å². The molecular formula is C15H21N3OS. The summed E-state index contributed by atoms with van der Waals surface area (Å²) >= 11 is 1.74. The van der Waals surface area contributed by atoms with Crippen LogP contribution in [0.3, 0.4) is 0 Å². The fourth-order valence-electron chi connectivity index (χ4n) is 1.94. The van der Waals surface area contributed by atoms with Gasteiger partial charge in [-0.3, -0.25) is 0 Å². The Kier molecular flexibility index (Phi) is 5.09. The lowest BCUT2D eigenvalue weighted by Gasteiger charge is -2.13. The van der Waals surface area contributed by atoms with Crippen LogP contribution in [-0.4, -0.2) is 16.1 Å². The summed E-state index contributed by atoms with van der Waals surface area (Å²) in [5.74, 6) is 0.715. The standard InChI is InChI=1S/C15H21N3OS/c1-10(2)19-15-13(6-5-7-17-15)8-16-9-14-11(3)18-12(4)20-14/h5-7,10,16H,8-9H2,1-4H3. The third-order valence-electron chi connectivity index (χ3n) is 2.80. The van der Waals surface area contributed by atoms with Crippen molar-refractivity contribution in [2.24, 2.45) is 0 Å². The lowest BCUT2D eigenvalue weighted by molar-refractivity contribution is 0.229. The Morgan fingerprint density at radius 2 is 2.10 bits per heavy atom. The molecule has 0 saturated carbocycles. The Morgan fingerprint density at radius 3 is 2.75 bits per heavy atom. The first kappa shape index (κ1) is 14.9. The SMILES string of the molecule is Cc1nc(C)c(CNCc2cccnc2OC(C)C)s1. The van der Waals surface area contributed by atoms with Crippen molar-refractivity contribution in [2.75, 3.05) is 0 Å². The summed E-state index contributed by atoms with van der Waals surface area (Å²) in [6, 6.07) is 3.98. The van der Waals surface area contributed by atoms with Gasteiger partial charge in [0.1, 0.15) is 0 Å². The zero-order chi connectivity index (χ0) is 14.5. The Hall–Kier alpha value is -1.46. The lowest BCUT2D eigenvalue weighted by Crippen LogP contribution is -2.15. The van der Waals surface area contributed by atoms with Crippen LogP contribution in [0.15, 0.2) is 18.3 Å². The Labute approximate surface area is 124 Å². The largest absolute Gasteiger partial charge is 0.475 e. The van der Waals surface area contributed by atoms with E-state index >= 15 is 0 Å². The van der Waals surface area contributed by atoms with Gasteiger partial charge in [0.25, 0.3) is 0 Å². The van der Waals surface area contributed by atoms with Crippen LogP contribution in [0, 0.1) is 13.8 Å². The topological polar surface area (TPSA) is 47.0 Å². The number of ether oxygens (including phenoxy) is 1. The molecule has 2 rings (SSSR count). The van der Waals surface area contributed by atoms with E-state index in [0.29, 0.717) is 5.88 Å². The van der Waals surface area contributed by atoms with Crippen LogP contribution < -0.4 is 10.1 Å². The van der Waals surface area contributed by atoms with Crippen molar-refractivity contribution < 1.29 is 4.74 Å². The maximum absolute atomic E-state index is 5.72. The molecule has 0 spiro atoms. The van der Waals surface area contributed by atoms with E-state index in [2.05, 4.69) is 22.2 Å². The van der Waals surface area contributed by atoms with Gasteiger partial charge in [0.15, 0.2) is 0 Å². The zero-order valence-corrected chi connectivity index (χ0v) is 13.3. The van der Waals surface area contributed by atoms with Crippen LogP contribution in [0.1, 0.15) is 35.0 Å². The first-order chi connectivity index (χ1) is 9.56. The van der Waals surface area contributed by atoms with Gasteiger partial charge in [-0.1, -0.05) is 6.07 Å². The molecule has 0 saturated heterocycles. The summed E-state index contributed by atoms with van der Waals surface area (Å²) in [4.78, 5) is 10.0. The molecule has 0 aromatic carbocycles. The Balaban J connectivity index is 1.95. The van der Waals surface area contributed by atoms with Crippen LogP contribution >= 0.6 is 11.3 Å². The maximum Gasteiger partial charge on any atom is 0.218 e. The predicted molar refractivity (Wildman–Crippen MR) is 82.1 cm³/mol. The molecule has 0 unspecified atom stereocenters. The minimum absolute atomic E-state index is 0.134. The highest BCUT2D eigenvalue weighted by Gasteiger charge is 2.08. The van der Waals surface area contributed by atoms with Crippen LogP contribution in [0.25, 0.3) is 0 Å². The Bertz CT molecular complexity index is 566. The molecule has 1 N–H and O–H groups in total. The Morgan fingerprint density at radius 1 is 1.30 bits per heavy atom. The molecule has 2 aromatic rings. The molecule has 5 heteroatoms. The van der Waals surface area contributed by atoms with Crippen molar-refractivity contribution in [3.05, 3.63) is 39.5 Å². The highest BCUT2D eigenvalue weighted by molar-refractivity contribution is 7.11. The van der Waals surface area contributed by atoms with Crippen LogP contribution in [0.5, 0.6) is 5.88 Å². The number of hydrogen-bond acceptors (Lipinski definition) is 5. The number of pyridine rings is 1. The number of aryl methyl sites for hydroxylation is 2. The molecule has 0 aliphatic heterocycles. The molecule has 0 amide bonds. The number of rotatable bonds is 6. The highest BCUT2D eigenvalue weighted by atomic mass is 32.1. The van der Waals surface area contributed by atoms with E-state index < -0.39 is 0 Å². The van der Waals surface area contributed by atoms with E-state index in [-0.39, 0.29) is 6.10 Å². The minimum atomic E-state index is 0.134. The molecule has 0 aliphatic carbocycles. The van der Waals surface area contributed by atoms with Gasteiger partial charge in [0.2, 0.25) is 5.88 Å². The number of nitrogens with one attached hydrogen (secondary N) is 1. The lowest BCUT2D eigenvalue weighted by atomic mass is 10.2. The van der Waals surface area contributed by atoms with E-state index in [4.69, 9.17) is 4.74 Å². The second-order valence-corrected chi connectivity index (χ2v) is 6.27.